The number of halogens is 2. The van der Waals surface area contributed by atoms with E-state index in [0.717, 1.165) is 21.2 Å². The fourth-order valence-corrected chi connectivity index (χ4v) is 2.63. The third-order valence-corrected chi connectivity index (χ3v) is 3.86. The fraction of sp³-hybridized carbons (Fsp3) is 0.250. The highest BCUT2D eigenvalue weighted by Gasteiger charge is 2.10. The number of aliphatic hydroxyl groups is 1. The van der Waals surface area contributed by atoms with E-state index in [9.17, 15) is 5.11 Å². The third kappa shape index (κ3) is 3.75. The van der Waals surface area contributed by atoms with Crippen LogP contribution in [0.1, 0.15) is 29.7 Å². The number of ether oxygens (including phenoxy) is 1. The largest absolute Gasteiger partial charge is 0.488 e. The molecular formula is C16H16BrClO2. The van der Waals surface area contributed by atoms with Crippen molar-refractivity contribution >= 4 is 27.5 Å². The highest BCUT2D eigenvalue weighted by Crippen LogP contribution is 2.28. The van der Waals surface area contributed by atoms with Crippen LogP contribution in [0.25, 0.3) is 0 Å². The Balaban J connectivity index is 2.20. The molecule has 0 aliphatic carbocycles. The molecule has 0 bridgehead atoms. The summed E-state index contributed by atoms with van der Waals surface area (Å²) in [6.07, 6.45) is -0.564. The zero-order valence-corrected chi connectivity index (χ0v) is 13.7. The Morgan fingerprint density at radius 3 is 2.65 bits per heavy atom. The number of aliphatic hydroxyl groups excluding tert-OH is 1. The lowest BCUT2D eigenvalue weighted by atomic mass is 10.1. The first-order valence-corrected chi connectivity index (χ1v) is 7.50. The van der Waals surface area contributed by atoms with E-state index in [2.05, 4.69) is 15.9 Å². The van der Waals surface area contributed by atoms with Gasteiger partial charge in [-0.1, -0.05) is 45.7 Å². The number of rotatable bonds is 4. The van der Waals surface area contributed by atoms with Gasteiger partial charge in [0.2, 0.25) is 0 Å². The molecule has 2 aromatic rings. The highest BCUT2D eigenvalue weighted by molar-refractivity contribution is 9.10. The van der Waals surface area contributed by atoms with Gasteiger partial charge in [0, 0.05) is 20.6 Å². The second kappa shape index (κ2) is 6.61. The summed E-state index contributed by atoms with van der Waals surface area (Å²) >= 11 is 9.54. The van der Waals surface area contributed by atoms with E-state index in [1.165, 1.54) is 0 Å². The standard InChI is InChI=1S/C16H16BrClO2/c1-10-3-6-14(11(2)19)16(7-10)20-9-12-4-5-13(17)8-15(12)18/h3-8,11,19H,9H2,1-2H3/t11-/m0/s1. The normalized spacial score (nSPS) is 12.2. The van der Waals surface area contributed by atoms with Gasteiger partial charge in [0.05, 0.1) is 6.10 Å². The van der Waals surface area contributed by atoms with Crippen LogP contribution in [0.4, 0.5) is 0 Å². The molecule has 1 N–H and O–H groups in total. The van der Waals surface area contributed by atoms with E-state index in [0.29, 0.717) is 17.4 Å². The molecule has 2 aromatic carbocycles. The molecule has 2 nitrogen and oxygen atoms in total. The average Bonchev–Trinajstić information content (AvgIpc) is 2.37. The van der Waals surface area contributed by atoms with Crippen LogP contribution in [0.2, 0.25) is 5.02 Å². The predicted octanol–water partition coefficient (Wildman–Crippen LogP) is 5.04. The van der Waals surface area contributed by atoms with Gasteiger partial charge in [0.1, 0.15) is 12.4 Å². The van der Waals surface area contributed by atoms with E-state index < -0.39 is 6.10 Å². The summed E-state index contributed by atoms with van der Waals surface area (Å²) in [5.74, 6) is 0.694. The highest BCUT2D eigenvalue weighted by atomic mass is 79.9. The molecule has 1 atom stereocenters. The molecule has 4 heteroatoms. The molecule has 0 amide bonds. The van der Waals surface area contributed by atoms with E-state index in [4.69, 9.17) is 16.3 Å². The quantitative estimate of drug-likeness (QED) is 0.832. The molecule has 106 valence electrons. The second-order valence-corrected chi connectivity index (χ2v) is 6.06. The van der Waals surface area contributed by atoms with Gasteiger partial charge < -0.3 is 9.84 Å². The molecule has 0 radical (unpaired) electrons. The summed E-state index contributed by atoms with van der Waals surface area (Å²) in [4.78, 5) is 0. The summed E-state index contributed by atoms with van der Waals surface area (Å²) < 4.78 is 6.76. The van der Waals surface area contributed by atoms with Crippen molar-refractivity contribution in [2.75, 3.05) is 0 Å². The molecule has 0 spiro atoms. The van der Waals surface area contributed by atoms with Crippen molar-refractivity contribution in [1.29, 1.82) is 0 Å². The predicted molar refractivity (Wildman–Crippen MR) is 85.3 cm³/mol. The molecule has 0 saturated heterocycles. The van der Waals surface area contributed by atoms with Crippen LogP contribution in [-0.4, -0.2) is 5.11 Å². The molecule has 0 aliphatic heterocycles. The Morgan fingerprint density at radius 2 is 2.00 bits per heavy atom. The molecule has 0 heterocycles. The molecule has 0 saturated carbocycles. The zero-order chi connectivity index (χ0) is 14.7. The van der Waals surface area contributed by atoms with Gasteiger partial charge >= 0.3 is 0 Å². The maximum absolute atomic E-state index is 9.77. The zero-order valence-electron chi connectivity index (χ0n) is 11.4. The minimum Gasteiger partial charge on any atom is -0.488 e. The van der Waals surface area contributed by atoms with Crippen LogP contribution in [0.3, 0.4) is 0 Å². The van der Waals surface area contributed by atoms with Gasteiger partial charge in [0.25, 0.3) is 0 Å². The van der Waals surface area contributed by atoms with E-state index >= 15 is 0 Å². The van der Waals surface area contributed by atoms with Gasteiger partial charge in [0.15, 0.2) is 0 Å². The number of aryl methyl sites for hydroxylation is 1. The Hall–Kier alpha value is -1.03. The topological polar surface area (TPSA) is 29.5 Å². The van der Waals surface area contributed by atoms with Gasteiger partial charge in [-0.3, -0.25) is 0 Å². The third-order valence-electron chi connectivity index (χ3n) is 3.02. The summed E-state index contributed by atoms with van der Waals surface area (Å²) in [6, 6.07) is 11.5. The number of hydrogen-bond acceptors (Lipinski definition) is 2. The maximum atomic E-state index is 9.77. The van der Waals surface area contributed by atoms with Gasteiger partial charge in [-0.05, 0) is 37.6 Å². The van der Waals surface area contributed by atoms with Crippen LogP contribution in [-0.2, 0) is 6.61 Å². The molecule has 0 fully saturated rings. The lowest BCUT2D eigenvalue weighted by Crippen LogP contribution is -2.02. The molecule has 0 unspecified atom stereocenters. The average molecular weight is 356 g/mol. The molecule has 2 rings (SSSR count). The monoisotopic (exact) mass is 354 g/mol. The van der Waals surface area contributed by atoms with E-state index in [-0.39, 0.29) is 0 Å². The van der Waals surface area contributed by atoms with E-state index in [1.54, 1.807) is 6.92 Å². The van der Waals surface area contributed by atoms with Crippen LogP contribution in [0.5, 0.6) is 5.75 Å². The summed E-state index contributed by atoms with van der Waals surface area (Å²) in [6.45, 7) is 4.09. The van der Waals surface area contributed by atoms with Crippen LogP contribution >= 0.6 is 27.5 Å². The summed E-state index contributed by atoms with van der Waals surface area (Å²) in [7, 11) is 0. The van der Waals surface area contributed by atoms with Crippen LogP contribution in [0, 0.1) is 6.92 Å². The number of benzene rings is 2. The lowest BCUT2D eigenvalue weighted by Gasteiger charge is -2.15. The molecular weight excluding hydrogens is 340 g/mol. The number of hydrogen-bond donors (Lipinski definition) is 1. The first-order valence-electron chi connectivity index (χ1n) is 6.32. The Kier molecular flexibility index (Phi) is 5.08. The second-order valence-electron chi connectivity index (χ2n) is 4.74. The van der Waals surface area contributed by atoms with Crippen molar-refractivity contribution in [1.82, 2.24) is 0 Å². The van der Waals surface area contributed by atoms with Gasteiger partial charge in [-0.25, -0.2) is 0 Å². The van der Waals surface area contributed by atoms with Crippen LogP contribution in [0.15, 0.2) is 40.9 Å². The summed E-state index contributed by atoms with van der Waals surface area (Å²) in [5, 5.41) is 10.4. The fourth-order valence-electron chi connectivity index (χ4n) is 1.91. The Bertz CT molecular complexity index is 611. The molecule has 0 aromatic heterocycles. The van der Waals surface area contributed by atoms with Crippen molar-refractivity contribution in [2.24, 2.45) is 0 Å². The van der Waals surface area contributed by atoms with Crippen molar-refractivity contribution in [3.05, 3.63) is 62.6 Å². The van der Waals surface area contributed by atoms with Crippen molar-refractivity contribution < 1.29 is 9.84 Å². The van der Waals surface area contributed by atoms with Crippen molar-refractivity contribution in [3.8, 4) is 5.75 Å². The van der Waals surface area contributed by atoms with E-state index in [1.807, 2.05) is 43.3 Å². The molecule has 0 aliphatic rings. The first-order chi connectivity index (χ1) is 9.47. The van der Waals surface area contributed by atoms with Crippen molar-refractivity contribution in [3.63, 3.8) is 0 Å². The van der Waals surface area contributed by atoms with Gasteiger partial charge in [-0.15, -0.1) is 0 Å². The lowest BCUT2D eigenvalue weighted by molar-refractivity contribution is 0.190. The Labute approximate surface area is 132 Å². The maximum Gasteiger partial charge on any atom is 0.125 e. The first kappa shape index (κ1) is 15.4. The van der Waals surface area contributed by atoms with Crippen LogP contribution < -0.4 is 4.74 Å². The molecule has 20 heavy (non-hydrogen) atoms. The minimum atomic E-state index is -0.564. The van der Waals surface area contributed by atoms with Crippen molar-refractivity contribution in [2.45, 2.75) is 26.6 Å². The Morgan fingerprint density at radius 1 is 1.25 bits per heavy atom. The summed E-state index contributed by atoms with van der Waals surface area (Å²) in [5.41, 5.74) is 2.78. The minimum absolute atomic E-state index is 0.370. The SMILES string of the molecule is Cc1ccc([C@H](C)O)c(OCc2ccc(Br)cc2Cl)c1. The smallest absolute Gasteiger partial charge is 0.125 e. The van der Waals surface area contributed by atoms with Gasteiger partial charge in [-0.2, -0.15) is 0 Å².